The predicted molar refractivity (Wildman–Crippen MR) is 79.2 cm³/mol. The third-order valence-electron chi connectivity index (χ3n) is 3.97. The Hall–Kier alpha value is -0.980. The number of nitrogens with zero attached hydrogens (tertiary/aromatic N) is 1. The number of hydrogen-bond acceptors (Lipinski definition) is 6. The van der Waals surface area contributed by atoms with Crippen molar-refractivity contribution in [1.82, 2.24) is 4.31 Å². The zero-order valence-electron chi connectivity index (χ0n) is 13.1. The molecule has 0 amide bonds. The van der Waals surface area contributed by atoms with Crippen molar-refractivity contribution in [2.45, 2.75) is 50.2 Å². The van der Waals surface area contributed by atoms with E-state index in [0.717, 1.165) is 0 Å². The fraction of sp³-hybridized carbons (Fsp3) is 0.833. The Morgan fingerprint density at radius 3 is 2.25 bits per heavy atom. The molecule has 1 rings (SSSR count). The molecule has 2 atom stereocenters. The molecule has 1 aliphatic rings. The highest BCUT2D eigenvalue weighted by molar-refractivity contribution is 8.06. The molecule has 0 spiro atoms. The third kappa shape index (κ3) is 3.65. The van der Waals surface area contributed by atoms with Crippen LogP contribution in [0.1, 0.15) is 39.5 Å². The van der Waals surface area contributed by atoms with Crippen molar-refractivity contribution in [2.75, 3.05) is 6.54 Å². The molecule has 0 saturated carbocycles. The van der Waals surface area contributed by atoms with Crippen LogP contribution in [0, 0.1) is 5.92 Å². The van der Waals surface area contributed by atoms with Gasteiger partial charge in [-0.3, -0.25) is 14.1 Å². The molecule has 1 heterocycles. The van der Waals surface area contributed by atoms with Crippen LogP contribution >= 0.6 is 0 Å². The van der Waals surface area contributed by atoms with Crippen LogP contribution in [0.4, 0.5) is 8.78 Å². The van der Waals surface area contributed by atoms with E-state index in [0.29, 0.717) is 12.8 Å². The van der Waals surface area contributed by atoms with Crippen molar-refractivity contribution in [3.8, 4) is 0 Å². The lowest BCUT2D eigenvalue weighted by Gasteiger charge is -2.34. The molecule has 24 heavy (non-hydrogen) atoms. The molecule has 0 aromatic carbocycles. The summed E-state index contributed by atoms with van der Waals surface area (Å²) < 4.78 is 76.0. The van der Waals surface area contributed by atoms with Crippen LogP contribution in [0.3, 0.4) is 0 Å². The maximum absolute atomic E-state index is 13.7. The number of hydrogen-bond donors (Lipinski definition) is 1. The third-order valence-corrected chi connectivity index (χ3v) is 7.49. The second kappa shape index (κ2) is 7.10. The average Bonchev–Trinajstić information content (AvgIpc) is 2.51. The van der Waals surface area contributed by atoms with Gasteiger partial charge in [0.2, 0.25) is 11.6 Å². The molecule has 1 aliphatic heterocycles. The average molecular weight is 391 g/mol. The topological polar surface area (TPSA) is 126 Å². The summed E-state index contributed by atoms with van der Waals surface area (Å²) in [6, 6.07) is -1.70. The quantitative estimate of drug-likeness (QED) is 0.502. The number of sulfonamides is 1. The van der Waals surface area contributed by atoms with Crippen LogP contribution in [0.5, 0.6) is 0 Å². The zero-order chi connectivity index (χ0) is 18.9. The summed E-state index contributed by atoms with van der Waals surface area (Å²) in [6.45, 7) is 2.52. The number of alkyl halides is 2. The van der Waals surface area contributed by atoms with Crippen LogP contribution in [0.2, 0.25) is 0 Å². The molecule has 0 bridgehead atoms. The van der Waals surface area contributed by atoms with Gasteiger partial charge in [0, 0.05) is 12.5 Å². The lowest BCUT2D eigenvalue weighted by molar-refractivity contribution is -0.141. The largest absolute Gasteiger partial charge is 0.484 e. The summed E-state index contributed by atoms with van der Waals surface area (Å²) in [4.78, 5) is 24.2. The molecule has 0 aromatic rings. The zero-order valence-corrected chi connectivity index (χ0v) is 14.7. The highest BCUT2D eigenvalue weighted by atomic mass is 32.3. The summed E-state index contributed by atoms with van der Waals surface area (Å²) in [7, 11) is -12.1. The van der Waals surface area contributed by atoms with Crippen molar-refractivity contribution in [2.24, 2.45) is 5.92 Å². The van der Waals surface area contributed by atoms with E-state index in [1.54, 1.807) is 6.92 Å². The van der Waals surface area contributed by atoms with E-state index in [-0.39, 0.29) is 17.1 Å². The summed E-state index contributed by atoms with van der Waals surface area (Å²) >= 11 is 0. The molecular formula is C12H19F2NO7S2. The normalized spacial score (nSPS) is 22.1. The molecule has 140 valence electrons. The molecular weight excluding hydrogens is 372 g/mol. The molecule has 0 aromatic heterocycles. The molecule has 0 radical (unpaired) electrons. The van der Waals surface area contributed by atoms with E-state index in [1.165, 1.54) is 6.92 Å². The SMILES string of the molecule is CCC(C)C(=O)C(=O)C1CCCCN1S(=O)(=O)C(F)(F)S(=O)(=O)O. The Kier molecular flexibility index (Phi) is 6.23. The molecule has 1 N–H and O–H groups in total. The van der Waals surface area contributed by atoms with E-state index in [1.807, 2.05) is 0 Å². The summed E-state index contributed by atoms with van der Waals surface area (Å²) in [5.41, 5.74) is 0. The molecule has 1 fully saturated rings. The minimum Gasteiger partial charge on any atom is -0.291 e. The van der Waals surface area contributed by atoms with E-state index < -0.39 is 54.8 Å². The Labute approximate surface area is 139 Å². The predicted octanol–water partition coefficient (Wildman–Crippen LogP) is 0.793. The van der Waals surface area contributed by atoms with Gasteiger partial charge >= 0.3 is 14.7 Å². The number of carbonyl (C=O) groups is 2. The fourth-order valence-electron chi connectivity index (χ4n) is 2.32. The minimum atomic E-state index is -6.26. The summed E-state index contributed by atoms with van der Waals surface area (Å²) in [5, 5.41) is 0. The first-order valence-electron chi connectivity index (χ1n) is 7.23. The van der Waals surface area contributed by atoms with Crippen molar-refractivity contribution >= 4 is 31.7 Å². The first-order chi connectivity index (χ1) is 10.8. The van der Waals surface area contributed by atoms with Crippen molar-refractivity contribution in [1.29, 1.82) is 0 Å². The molecule has 12 heteroatoms. The molecule has 0 aliphatic carbocycles. The summed E-state index contributed by atoms with van der Waals surface area (Å²) in [5.74, 6) is -2.77. The molecule has 8 nitrogen and oxygen atoms in total. The van der Waals surface area contributed by atoms with E-state index >= 15 is 0 Å². The van der Waals surface area contributed by atoms with E-state index in [9.17, 15) is 35.2 Å². The Balaban J connectivity index is 3.29. The maximum atomic E-state index is 13.7. The van der Waals surface area contributed by atoms with Crippen molar-refractivity contribution < 1.29 is 39.8 Å². The first kappa shape index (κ1) is 21.1. The van der Waals surface area contributed by atoms with Crippen molar-refractivity contribution in [3.05, 3.63) is 0 Å². The van der Waals surface area contributed by atoms with Gasteiger partial charge in [-0.25, -0.2) is 8.42 Å². The van der Waals surface area contributed by atoms with E-state index in [2.05, 4.69) is 0 Å². The number of Topliss-reactive ketones (excluding diaryl/α,β-unsaturated/α-hetero) is 2. The second-order valence-corrected chi connectivity index (χ2v) is 9.26. The molecule has 1 saturated heterocycles. The van der Waals surface area contributed by atoms with Gasteiger partial charge in [0.05, 0.1) is 6.04 Å². The summed E-state index contributed by atoms with van der Waals surface area (Å²) in [6.07, 6.45) is 0.544. The van der Waals surface area contributed by atoms with Crippen LogP contribution in [0.15, 0.2) is 0 Å². The highest BCUT2D eigenvalue weighted by Crippen LogP contribution is 2.35. The smallest absolute Gasteiger partial charge is 0.291 e. The lowest BCUT2D eigenvalue weighted by atomic mass is 9.92. The Morgan fingerprint density at radius 1 is 1.25 bits per heavy atom. The van der Waals surface area contributed by atoms with Gasteiger partial charge in [0.15, 0.2) is 0 Å². The second-order valence-electron chi connectivity index (χ2n) is 5.60. The maximum Gasteiger partial charge on any atom is 0.484 e. The van der Waals surface area contributed by atoms with Gasteiger partial charge in [-0.1, -0.05) is 20.3 Å². The number of carbonyl (C=O) groups excluding carboxylic acids is 2. The molecule has 2 unspecified atom stereocenters. The van der Waals surface area contributed by atoms with Crippen LogP contribution in [0.25, 0.3) is 0 Å². The highest BCUT2D eigenvalue weighted by Gasteiger charge is 2.62. The van der Waals surface area contributed by atoms with Crippen LogP contribution in [-0.2, 0) is 29.7 Å². The van der Waals surface area contributed by atoms with E-state index in [4.69, 9.17) is 4.55 Å². The minimum absolute atomic E-state index is 0.0207. The lowest BCUT2D eigenvalue weighted by Crippen LogP contribution is -2.56. The number of rotatable bonds is 7. The number of halogens is 2. The van der Waals surface area contributed by atoms with Gasteiger partial charge in [0.25, 0.3) is 10.0 Å². The standard InChI is InChI=1S/C12H19F2NO7S2/c1-3-8(2)10(16)11(17)9-6-4-5-7-15(9)23(18,19)12(13,14)24(20,21)22/h8-9H,3-7H2,1-2H3,(H,20,21,22). The van der Waals surface area contributed by atoms with Gasteiger partial charge in [-0.2, -0.15) is 21.5 Å². The number of ketones is 2. The van der Waals surface area contributed by atoms with Gasteiger partial charge in [-0.05, 0) is 19.3 Å². The Bertz CT molecular complexity index is 718. The Morgan fingerprint density at radius 2 is 1.79 bits per heavy atom. The van der Waals surface area contributed by atoms with Gasteiger partial charge < -0.3 is 0 Å². The van der Waals surface area contributed by atoms with Gasteiger partial charge in [0.1, 0.15) is 0 Å². The van der Waals surface area contributed by atoms with Gasteiger partial charge in [-0.15, -0.1) is 0 Å². The number of piperidine rings is 1. The first-order valence-corrected chi connectivity index (χ1v) is 10.1. The van der Waals surface area contributed by atoms with Crippen molar-refractivity contribution in [3.63, 3.8) is 0 Å². The van der Waals surface area contributed by atoms with Crippen LogP contribution in [-0.4, -0.2) is 54.4 Å². The monoisotopic (exact) mass is 391 g/mol. The fourth-order valence-corrected chi connectivity index (χ4v) is 4.85. The van der Waals surface area contributed by atoms with Crippen LogP contribution < -0.4 is 0 Å².